The van der Waals surface area contributed by atoms with Crippen LogP contribution in [-0.4, -0.2) is 44.6 Å². The van der Waals surface area contributed by atoms with Crippen molar-refractivity contribution < 1.29 is 13.6 Å². The molecule has 0 bridgehead atoms. The van der Waals surface area contributed by atoms with Gasteiger partial charge in [-0.3, -0.25) is 9.48 Å². The predicted molar refractivity (Wildman–Crippen MR) is 101 cm³/mol. The molecule has 0 spiro atoms. The number of fused-ring (bicyclic) bond motifs is 1. The number of amides is 1. The number of piperidine rings is 1. The molecule has 144 valence electrons. The molecule has 1 amide bonds. The van der Waals surface area contributed by atoms with Gasteiger partial charge in [0.2, 0.25) is 5.91 Å². The van der Waals surface area contributed by atoms with Crippen molar-refractivity contribution in [2.24, 2.45) is 13.0 Å². The summed E-state index contributed by atoms with van der Waals surface area (Å²) in [5, 5.41) is 16.1. The van der Waals surface area contributed by atoms with Crippen LogP contribution < -0.4 is 5.32 Å². The Labute approximate surface area is 163 Å². The van der Waals surface area contributed by atoms with Gasteiger partial charge in [-0.2, -0.15) is 10.4 Å². The van der Waals surface area contributed by atoms with E-state index in [1.807, 2.05) is 31.4 Å². The SMILES string of the molecule is Cn1cc(-c2ccc3nc(NC(=O)C4CN(C#N)CC(F)(F)C4)sc3c2)cn1. The molecular formula is C18H16F2N6OS. The number of nitrogens with one attached hydrogen (secondary N) is 1. The van der Waals surface area contributed by atoms with Gasteiger partial charge >= 0.3 is 0 Å². The summed E-state index contributed by atoms with van der Waals surface area (Å²) in [5.74, 6) is -4.59. The molecule has 2 aromatic heterocycles. The number of halogens is 2. The van der Waals surface area contributed by atoms with E-state index in [1.54, 1.807) is 17.1 Å². The summed E-state index contributed by atoms with van der Waals surface area (Å²) in [5.41, 5.74) is 2.64. The average molecular weight is 402 g/mol. The third-order valence-corrected chi connectivity index (χ3v) is 5.51. The number of thiazole rings is 1. The van der Waals surface area contributed by atoms with Gasteiger partial charge < -0.3 is 10.2 Å². The Morgan fingerprint density at radius 1 is 1.43 bits per heavy atom. The van der Waals surface area contributed by atoms with Crippen LogP contribution in [0.3, 0.4) is 0 Å². The molecule has 1 N–H and O–H groups in total. The number of nitrogens with zero attached hydrogens (tertiary/aromatic N) is 5. The Kier molecular flexibility index (Phi) is 4.47. The Hall–Kier alpha value is -3.06. The molecule has 0 radical (unpaired) electrons. The number of hydrogen-bond acceptors (Lipinski definition) is 6. The Morgan fingerprint density at radius 3 is 2.96 bits per heavy atom. The fourth-order valence-corrected chi connectivity index (χ4v) is 4.19. The zero-order chi connectivity index (χ0) is 19.9. The van der Waals surface area contributed by atoms with Gasteiger partial charge in [0.1, 0.15) is 0 Å². The lowest BCUT2D eigenvalue weighted by molar-refractivity contribution is -0.129. The molecule has 0 aliphatic carbocycles. The molecule has 1 atom stereocenters. The molecule has 4 rings (SSSR count). The number of hydrogen-bond donors (Lipinski definition) is 1. The predicted octanol–water partition coefficient (Wildman–Crippen LogP) is 3.07. The molecule has 7 nitrogen and oxygen atoms in total. The standard InChI is InChI=1S/C18H16F2N6OS/c1-25-7-13(6-22-25)11-2-3-14-15(4-11)28-17(23-14)24-16(27)12-5-18(19,20)9-26(8-12)10-21/h2-4,6-7,12H,5,8-9H2,1H3,(H,23,24,27). The molecule has 0 saturated carbocycles. The number of likely N-dealkylation sites (tertiary alicyclic amines) is 1. The van der Waals surface area contributed by atoms with E-state index < -0.39 is 30.7 Å². The van der Waals surface area contributed by atoms with Gasteiger partial charge in [-0.05, 0) is 17.7 Å². The first kappa shape index (κ1) is 18.3. The number of anilines is 1. The third-order valence-electron chi connectivity index (χ3n) is 4.58. The minimum Gasteiger partial charge on any atom is -0.304 e. The van der Waals surface area contributed by atoms with Crippen LogP contribution in [0.25, 0.3) is 21.3 Å². The average Bonchev–Trinajstić information content (AvgIpc) is 3.25. The molecule has 1 fully saturated rings. The van der Waals surface area contributed by atoms with Crippen molar-refractivity contribution in [1.82, 2.24) is 19.7 Å². The molecule has 1 aliphatic rings. The molecule has 28 heavy (non-hydrogen) atoms. The second kappa shape index (κ2) is 6.83. The van der Waals surface area contributed by atoms with Crippen molar-refractivity contribution in [3.8, 4) is 17.3 Å². The summed E-state index contributed by atoms with van der Waals surface area (Å²) in [7, 11) is 1.84. The first-order valence-electron chi connectivity index (χ1n) is 8.56. The maximum Gasteiger partial charge on any atom is 0.266 e. The first-order chi connectivity index (χ1) is 13.3. The smallest absolute Gasteiger partial charge is 0.266 e. The van der Waals surface area contributed by atoms with Crippen molar-refractivity contribution in [3.05, 3.63) is 30.6 Å². The van der Waals surface area contributed by atoms with Crippen LogP contribution in [0, 0.1) is 17.4 Å². The van der Waals surface area contributed by atoms with Crippen LogP contribution in [0.4, 0.5) is 13.9 Å². The zero-order valence-corrected chi connectivity index (χ0v) is 15.7. The van der Waals surface area contributed by atoms with Crippen molar-refractivity contribution >= 4 is 32.6 Å². The van der Waals surface area contributed by atoms with E-state index in [1.165, 1.54) is 11.3 Å². The summed E-state index contributed by atoms with van der Waals surface area (Å²) >= 11 is 1.28. The Balaban J connectivity index is 1.53. The molecule has 1 unspecified atom stereocenters. The molecule has 1 aromatic carbocycles. The van der Waals surface area contributed by atoms with Crippen LogP contribution in [0.2, 0.25) is 0 Å². The van der Waals surface area contributed by atoms with Gasteiger partial charge in [0, 0.05) is 31.8 Å². The zero-order valence-electron chi connectivity index (χ0n) is 14.9. The highest BCUT2D eigenvalue weighted by molar-refractivity contribution is 7.22. The number of carbonyl (C=O) groups is 1. The summed E-state index contributed by atoms with van der Waals surface area (Å²) in [6.45, 7) is -0.667. The largest absolute Gasteiger partial charge is 0.304 e. The molecule has 10 heteroatoms. The van der Waals surface area contributed by atoms with Crippen LogP contribution in [0.15, 0.2) is 30.6 Å². The van der Waals surface area contributed by atoms with Gasteiger partial charge in [0.25, 0.3) is 5.92 Å². The number of nitriles is 1. The number of alkyl halides is 2. The highest BCUT2D eigenvalue weighted by atomic mass is 32.1. The molecule has 1 saturated heterocycles. The molecule has 3 heterocycles. The van der Waals surface area contributed by atoms with Gasteiger partial charge in [-0.25, -0.2) is 13.8 Å². The lowest BCUT2D eigenvalue weighted by Crippen LogP contribution is -2.48. The summed E-state index contributed by atoms with van der Waals surface area (Å²) in [4.78, 5) is 17.7. The van der Waals surface area contributed by atoms with Gasteiger partial charge in [0.05, 0.1) is 28.9 Å². The maximum atomic E-state index is 13.8. The highest BCUT2D eigenvalue weighted by Crippen LogP contribution is 2.33. The summed E-state index contributed by atoms with van der Waals surface area (Å²) in [6.07, 6.45) is 4.79. The number of benzene rings is 1. The third kappa shape index (κ3) is 3.66. The molecular weight excluding hydrogens is 386 g/mol. The number of carbonyl (C=O) groups excluding carboxylic acids is 1. The Bertz CT molecular complexity index is 1090. The quantitative estimate of drug-likeness (QED) is 0.681. The van der Waals surface area contributed by atoms with Crippen molar-refractivity contribution in [2.45, 2.75) is 12.3 Å². The minimum absolute atomic E-state index is 0.0199. The summed E-state index contributed by atoms with van der Waals surface area (Å²) in [6, 6.07) is 5.71. The van der Waals surface area contributed by atoms with Crippen molar-refractivity contribution in [3.63, 3.8) is 0 Å². The second-order valence-corrected chi connectivity index (χ2v) is 7.86. The first-order valence-corrected chi connectivity index (χ1v) is 9.37. The fourth-order valence-electron chi connectivity index (χ4n) is 3.29. The van der Waals surface area contributed by atoms with E-state index in [-0.39, 0.29) is 6.54 Å². The lowest BCUT2D eigenvalue weighted by atomic mass is 9.95. The normalized spacial score (nSPS) is 18.8. The summed E-state index contributed by atoms with van der Waals surface area (Å²) < 4.78 is 30.1. The number of aryl methyl sites for hydroxylation is 1. The van der Waals surface area contributed by atoms with Crippen LogP contribution in [0.1, 0.15) is 6.42 Å². The highest BCUT2D eigenvalue weighted by Gasteiger charge is 2.43. The lowest BCUT2D eigenvalue weighted by Gasteiger charge is -2.33. The Morgan fingerprint density at radius 2 is 2.25 bits per heavy atom. The van der Waals surface area contributed by atoms with Crippen LogP contribution in [-0.2, 0) is 11.8 Å². The molecule has 3 aromatic rings. The van der Waals surface area contributed by atoms with Crippen LogP contribution in [0.5, 0.6) is 0 Å². The van der Waals surface area contributed by atoms with Gasteiger partial charge in [-0.1, -0.05) is 17.4 Å². The van der Waals surface area contributed by atoms with Gasteiger partial charge in [0.15, 0.2) is 11.3 Å². The van der Waals surface area contributed by atoms with Crippen molar-refractivity contribution in [1.29, 1.82) is 5.26 Å². The monoisotopic (exact) mass is 402 g/mol. The number of rotatable bonds is 3. The van der Waals surface area contributed by atoms with E-state index in [2.05, 4.69) is 15.4 Å². The molecule has 1 aliphatic heterocycles. The van der Waals surface area contributed by atoms with Gasteiger partial charge in [-0.15, -0.1) is 0 Å². The van der Waals surface area contributed by atoms with E-state index in [0.29, 0.717) is 10.6 Å². The van der Waals surface area contributed by atoms with E-state index >= 15 is 0 Å². The fraction of sp³-hybridized carbons (Fsp3) is 0.333. The topological polar surface area (TPSA) is 86.8 Å². The van der Waals surface area contributed by atoms with E-state index in [0.717, 1.165) is 20.7 Å². The number of aromatic nitrogens is 3. The van der Waals surface area contributed by atoms with Crippen LogP contribution >= 0.6 is 11.3 Å². The van der Waals surface area contributed by atoms with Crippen molar-refractivity contribution in [2.75, 3.05) is 18.4 Å². The minimum atomic E-state index is -3.07. The maximum absolute atomic E-state index is 13.8. The second-order valence-electron chi connectivity index (χ2n) is 6.83. The van der Waals surface area contributed by atoms with E-state index in [9.17, 15) is 13.6 Å². The van der Waals surface area contributed by atoms with E-state index in [4.69, 9.17) is 5.26 Å².